The van der Waals surface area contributed by atoms with E-state index in [0.29, 0.717) is 4.48 Å². The first kappa shape index (κ1) is 13.8. The summed E-state index contributed by atoms with van der Waals surface area (Å²) in [7, 11) is 7.13. The minimum Gasteiger partial charge on any atom is -0.394 e. The Bertz CT molecular complexity index is 228. The van der Waals surface area contributed by atoms with E-state index in [1.54, 1.807) is 0 Å². The Labute approximate surface area is 95.6 Å². The van der Waals surface area contributed by atoms with Crippen LogP contribution in [-0.2, 0) is 9.47 Å². The van der Waals surface area contributed by atoms with Gasteiger partial charge in [-0.3, -0.25) is 0 Å². The molecule has 0 aromatic rings. The molecule has 1 rings (SSSR count). The van der Waals surface area contributed by atoms with Crippen LogP contribution in [0.1, 0.15) is 0 Å². The van der Waals surface area contributed by atoms with Gasteiger partial charge in [-0.15, -0.1) is 0 Å². The van der Waals surface area contributed by atoms with Crippen LogP contribution in [0.2, 0.25) is 0 Å². The average molecular weight is 236 g/mol. The summed E-state index contributed by atoms with van der Waals surface area (Å²) in [4.78, 5) is 0. The fourth-order valence-corrected chi connectivity index (χ4v) is 2.09. The maximum atomic E-state index is 10.0. The van der Waals surface area contributed by atoms with Gasteiger partial charge in [0.1, 0.15) is 18.3 Å². The lowest BCUT2D eigenvalue weighted by Gasteiger charge is -2.47. The van der Waals surface area contributed by atoms with Crippen molar-refractivity contribution < 1.29 is 29.3 Å². The number of rotatable bonds is 3. The molecule has 6 heteroatoms. The summed E-state index contributed by atoms with van der Waals surface area (Å²) in [6.45, 7) is -0.345. The lowest BCUT2D eigenvalue weighted by molar-refractivity contribution is -0.909. The Morgan fingerprint density at radius 2 is 1.75 bits per heavy atom. The van der Waals surface area contributed by atoms with E-state index in [-0.39, 0.29) is 6.61 Å². The maximum absolute atomic E-state index is 10.0. The van der Waals surface area contributed by atoms with Crippen molar-refractivity contribution in [2.24, 2.45) is 0 Å². The van der Waals surface area contributed by atoms with Gasteiger partial charge in [0.25, 0.3) is 0 Å². The minimum atomic E-state index is -1.10. The number of aliphatic hydroxyl groups excluding tert-OH is 3. The van der Waals surface area contributed by atoms with Gasteiger partial charge in [-0.05, 0) is 0 Å². The lowest BCUT2D eigenvalue weighted by Crippen LogP contribution is -2.68. The first-order chi connectivity index (χ1) is 7.32. The molecule has 6 nitrogen and oxygen atoms in total. The van der Waals surface area contributed by atoms with Crippen LogP contribution in [0.15, 0.2) is 0 Å². The molecule has 0 aliphatic carbocycles. The molecule has 0 amide bonds. The fourth-order valence-electron chi connectivity index (χ4n) is 2.09. The van der Waals surface area contributed by atoms with Crippen LogP contribution in [0.25, 0.3) is 0 Å². The van der Waals surface area contributed by atoms with E-state index in [4.69, 9.17) is 14.6 Å². The smallest absolute Gasteiger partial charge is 0.213 e. The van der Waals surface area contributed by atoms with Crippen molar-refractivity contribution in [1.82, 2.24) is 0 Å². The molecule has 1 saturated heterocycles. The summed E-state index contributed by atoms with van der Waals surface area (Å²) in [5, 5.41) is 28.8. The van der Waals surface area contributed by atoms with Crippen molar-refractivity contribution in [2.45, 2.75) is 30.6 Å². The Hall–Kier alpha value is -0.240. The van der Waals surface area contributed by atoms with E-state index in [1.807, 2.05) is 21.1 Å². The molecule has 1 fully saturated rings. The van der Waals surface area contributed by atoms with Gasteiger partial charge in [-0.1, -0.05) is 0 Å². The Morgan fingerprint density at radius 3 is 2.12 bits per heavy atom. The quantitative estimate of drug-likeness (QED) is 0.501. The van der Waals surface area contributed by atoms with E-state index in [1.165, 1.54) is 7.11 Å². The molecule has 0 spiro atoms. The second-order valence-corrected chi connectivity index (χ2v) is 5.05. The van der Waals surface area contributed by atoms with Gasteiger partial charge in [-0.2, -0.15) is 0 Å². The van der Waals surface area contributed by atoms with E-state index in [0.717, 1.165) is 0 Å². The van der Waals surface area contributed by atoms with Gasteiger partial charge >= 0.3 is 0 Å². The normalized spacial score (nSPS) is 41.1. The van der Waals surface area contributed by atoms with Crippen LogP contribution in [0.3, 0.4) is 0 Å². The van der Waals surface area contributed by atoms with E-state index in [9.17, 15) is 10.2 Å². The third kappa shape index (κ3) is 2.53. The Kier molecular flexibility index (Phi) is 4.28. The molecule has 16 heavy (non-hydrogen) atoms. The number of likely N-dealkylation sites (N-methyl/N-ethyl adjacent to an activating group) is 1. The molecule has 0 aromatic heterocycles. The number of nitrogens with zero attached hydrogens (tertiary/aromatic N) is 1. The second-order valence-electron chi connectivity index (χ2n) is 5.05. The Morgan fingerprint density at radius 1 is 1.19 bits per heavy atom. The van der Waals surface area contributed by atoms with Crippen LogP contribution in [0.5, 0.6) is 0 Å². The van der Waals surface area contributed by atoms with Crippen molar-refractivity contribution in [1.29, 1.82) is 0 Å². The predicted octanol–water partition coefficient (Wildman–Crippen LogP) is -1.85. The number of hydrogen-bond donors (Lipinski definition) is 3. The zero-order valence-electron chi connectivity index (χ0n) is 10.2. The largest absolute Gasteiger partial charge is 0.394 e. The van der Waals surface area contributed by atoms with E-state index < -0.39 is 30.6 Å². The van der Waals surface area contributed by atoms with Crippen LogP contribution in [-0.4, -0.2) is 85.3 Å². The van der Waals surface area contributed by atoms with Crippen molar-refractivity contribution in [3.8, 4) is 0 Å². The molecule has 0 aromatic carbocycles. The van der Waals surface area contributed by atoms with Crippen LogP contribution in [0.4, 0.5) is 0 Å². The molecule has 1 aliphatic heterocycles. The molecule has 5 atom stereocenters. The van der Waals surface area contributed by atoms with Crippen molar-refractivity contribution in [3.63, 3.8) is 0 Å². The van der Waals surface area contributed by atoms with Crippen LogP contribution < -0.4 is 0 Å². The summed E-state index contributed by atoms with van der Waals surface area (Å²) >= 11 is 0. The number of methoxy groups -OCH3 is 1. The van der Waals surface area contributed by atoms with Gasteiger partial charge < -0.3 is 29.3 Å². The highest BCUT2D eigenvalue weighted by molar-refractivity contribution is 4.89. The predicted molar refractivity (Wildman–Crippen MR) is 56.6 cm³/mol. The van der Waals surface area contributed by atoms with Gasteiger partial charge in [0.05, 0.1) is 27.7 Å². The van der Waals surface area contributed by atoms with Crippen molar-refractivity contribution in [3.05, 3.63) is 0 Å². The molecule has 0 saturated carbocycles. The summed E-state index contributed by atoms with van der Waals surface area (Å²) in [6, 6.07) is -0.400. The number of quaternary nitrogens is 1. The van der Waals surface area contributed by atoms with Crippen LogP contribution in [0, 0.1) is 0 Å². The average Bonchev–Trinajstić information content (AvgIpc) is 2.19. The highest BCUT2D eigenvalue weighted by atomic mass is 16.7. The highest BCUT2D eigenvalue weighted by Crippen LogP contribution is 2.26. The van der Waals surface area contributed by atoms with Gasteiger partial charge in [0, 0.05) is 7.11 Å². The summed E-state index contributed by atoms with van der Waals surface area (Å²) in [5.74, 6) is 0. The lowest BCUT2D eigenvalue weighted by atomic mass is 9.95. The first-order valence-corrected chi connectivity index (χ1v) is 5.29. The number of ether oxygens (including phenoxy) is 2. The Balaban J connectivity index is 2.91. The molecule has 1 aliphatic rings. The van der Waals surface area contributed by atoms with E-state index in [2.05, 4.69) is 0 Å². The zero-order valence-corrected chi connectivity index (χ0v) is 10.2. The fraction of sp³-hybridized carbons (Fsp3) is 1.00. The van der Waals surface area contributed by atoms with Gasteiger partial charge in [0.2, 0.25) is 6.29 Å². The van der Waals surface area contributed by atoms with Crippen molar-refractivity contribution in [2.75, 3.05) is 34.9 Å². The van der Waals surface area contributed by atoms with Gasteiger partial charge in [-0.25, -0.2) is 0 Å². The molecular weight excluding hydrogens is 214 g/mol. The molecule has 0 bridgehead atoms. The van der Waals surface area contributed by atoms with E-state index >= 15 is 0 Å². The van der Waals surface area contributed by atoms with Crippen LogP contribution >= 0.6 is 0 Å². The third-order valence-electron chi connectivity index (χ3n) is 2.98. The summed E-state index contributed by atoms with van der Waals surface area (Å²) < 4.78 is 11.0. The molecule has 0 radical (unpaired) electrons. The maximum Gasteiger partial charge on any atom is 0.213 e. The number of aliphatic hydroxyl groups is 3. The highest BCUT2D eigenvalue weighted by Gasteiger charge is 2.50. The second kappa shape index (κ2) is 4.95. The third-order valence-corrected chi connectivity index (χ3v) is 2.98. The monoisotopic (exact) mass is 236 g/mol. The zero-order chi connectivity index (χ0) is 12.5. The standard InChI is InChI=1S/C10H22NO5/c1-11(2,3)7-9(14)8(13)6(5-12)16-10(7)15-4/h6-10,12-14H,5H2,1-4H3/q+1/t6-,7-,8-,9-,10-/m1/s1. The van der Waals surface area contributed by atoms with Crippen molar-refractivity contribution >= 4 is 0 Å². The summed E-state index contributed by atoms with van der Waals surface area (Å²) in [5.41, 5.74) is 0. The topological polar surface area (TPSA) is 79.2 Å². The molecule has 3 N–H and O–H groups in total. The molecule has 96 valence electrons. The molecular formula is C10H22NO5+. The molecule has 1 heterocycles. The number of hydrogen-bond acceptors (Lipinski definition) is 5. The SMILES string of the molecule is CO[C@@H]1O[C@H](CO)[C@@H](O)[C@H](O)[C@H]1[N+](C)(C)C. The van der Waals surface area contributed by atoms with Gasteiger partial charge in [0.15, 0.2) is 6.04 Å². The molecule has 0 unspecified atom stereocenters. The first-order valence-electron chi connectivity index (χ1n) is 5.29. The minimum absolute atomic E-state index is 0.345. The summed E-state index contributed by atoms with van der Waals surface area (Å²) in [6.07, 6.45) is -3.53.